The van der Waals surface area contributed by atoms with E-state index in [-0.39, 0.29) is 11.2 Å². The van der Waals surface area contributed by atoms with E-state index in [1.165, 1.54) is 29.1 Å². The van der Waals surface area contributed by atoms with Gasteiger partial charge in [0.1, 0.15) is 11.5 Å². The van der Waals surface area contributed by atoms with Crippen molar-refractivity contribution < 1.29 is 18.9 Å². The number of furan rings is 1. The number of carbonyl (C=O) groups is 1. The number of aromatic nitrogens is 1. The summed E-state index contributed by atoms with van der Waals surface area (Å²) in [6.45, 7) is 1.71. The Morgan fingerprint density at radius 2 is 1.86 bits per heavy atom. The number of rotatable bonds is 5. The summed E-state index contributed by atoms with van der Waals surface area (Å²) in [6, 6.07) is 18.1. The van der Waals surface area contributed by atoms with Crippen molar-refractivity contribution in [3.63, 3.8) is 0 Å². The molecule has 1 aliphatic rings. The van der Waals surface area contributed by atoms with Gasteiger partial charge in [0.05, 0.1) is 39.4 Å². The van der Waals surface area contributed by atoms with Gasteiger partial charge in [0, 0.05) is 12.1 Å². The van der Waals surface area contributed by atoms with Gasteiger partial charge in [0.15, 0.2) is 4.80 Å². The highest BCUT2D eigenvalue weighted by Gasteiger charge is 2.33. The molecule has 0 N–H and O–H groups in total. The maximum Gasteiger partial charge on any atom is 0.338 e. The molecular weight excluding hydrogens is 482 g/mol. The zero-order valence-electron chi connectivity index (χ0n) is 19.2. The molecule has 0 amide bonds. The summed E-state index contributed by atoms with van der Waals surface area (Å²) in [6.07, 6.45) is 1.57. The van der Waals surface area contributed by atoms with Crippen LogP contribution in [0.2, 0.25) is 0 Å². The van der Waals surface area contributed by atoms with Crippen LogP contribution in [0.4, 0.5) is 5.69 Å². The lowest BCUT2D eigenvalue weighted by atomic mass is 9.96. The number of benzene rings is 2. The van der Waals surface area contributed by atoms with E-state index >= 15 is 0 Å². The summed E-state index contributed by atoms with van der Waals surface area (Å²) >= 11 is 1.17. The van der Waals surface area contributed by atoms with E-state index in [1.807, 2.05) is 30.3 Å². The molecule has 0 unspecified atom stereocenters. The molecule has 3 heterocycles. The lowest BCUT2D eigenvalue weighted by Crippen LogP contribution is -2.39. The Kier molecular flexibility index (Phi) is 5.95. The van der Waals surface area contributed by atoms with Gasteiger partial charge in [-0.1, -0.05) is 53.8 Å². The zero-order chi connectivity index (χ0) is 25.4. The molecule has 0 fully saturated rings. The fraction of sp³-hybridized carbons (Fsp3) is 0.115. The molecule has 0 bridgehead atoms. The maximum atomic E-state index is 13.6. The Labute approximate surface area is 208 Å². The lowest BCUT2D eigenvalue weighted by molar-refractivity contribution is -0.384. The number of esters is 1. The van der Waals surface area contributed by atoms with E-state index in [1.54, 1.807) is 43.3 Å². The lowest BCUT2D eigenvalue weighted by Gasteiger charge is -2.24. The van der Waals surface area contributed by atoms with Crippen LogP contribution in [-0.2, 0) is 9.53 Å². The minimum Gasteiger partial charge on any atom is -0.466 e. The first-order valence-electron chi connectivity index (χ1n) is 10.9. The van der Waals surface area contributed by atoms with Crippen LogP contribution in [0.1, 0.15) is 24.3 Å². The number of ether oxygens (including phenoxy) is 1. The predicted molar refractivity (Wildman–Crippen MR) is 133 cm³/mol. The van der Waals surface area contributed by atoms with Gasteiger partial charge < -0.3 is 9.15 Å². The number of fused-ring (bicyclic) bond motifs is 1. The minimum atomic E-state index is -0.698. The highest BCUT2D eigenvalue weighted by Crippen LogP contribution is 2.32. The van der Waals surface area contributed by atoms with Crippen LogP contribution in [0.3, 0.4) is 0 Å². The predicted octanol–water partition coefficient (Wildman–Crippen LogP) is 3.58. The Morgan fingerprint density at radius 3 is 2.58 bits per heavy atom. The molecule has 0 saturated carbocycles. The van der Waals surface area contributed by atoms with Crippen molar-refractivity contribution in [2.24, 2.45) is 4.99 Å². The Bertz CT molecular complexity index is 1710. The van der Waals surface area contributed by atoms with Gasteiger partial charge in [-0.15, -0.1) is 0 Å². The number of hydrogen-bond acceptors (Lipinski definition) is 8. The van der Waals surface area contributed by atoms with Crippen molar-refractivity contribution in [2.45, 2.75) is 13.0 Å². The van der Waals surface area contributed by atoms with Crippen molar-refractivity contribution in [2.75, 3.05) is 7.11 Å². The Morgan fingerprint density at radius 1 is 1.14 bits per heavy atom. The fourth-order valence-electron chi connectivity index (χ4n) is 4.19. The number of carbonyl (C=O) groups excluding carboxylic acids is 1. The van der Waals surface area contributed by atoms with Crippen LogP contribution >= 0.6 is 11.3 Å². The largest absolute Gasteiger partial charge is 0.466 e. The number of nitro benzene ring substituents is 1. The number of nitrogens with zero attached hydrogens (tertiary/aromatic N) is 3. The summed E-state index contributed by atoms with van der Waals surface area (Å²) < 4.78 is 12.7. The first-order chi connectivity index (χ1) is 17.4. The number of methoxy groups -OCH3 is 1. The van der Waals surface area contributed by atoms with Gasteiger partial charge in [0.25, 0.3) is 11.2 Å². The maximum absolute atomic E-state index is 13.6. The zero-order valence-corrected chi connectivity index (χ0v) is 20.0. The second kappa shape index (κ2) is 9.23. The Balaban J connectivity index is 1.64. The summed E-state index contributed by atoms with van der Waals surface area (Å²) in [5, 5.41) is 11.4. The van der Waals surface area contributed by atoms with E-state index in [4.69, 9.17) is 9.15 Å². The van der Waals surface area contributed by atoms with E-state index in [0.29, 0.717) is 37.7 Å². The van der Waals surface area contributed by atoms with Gasteiger partial charge in [-0.05, 0) is 30.7 Å². The molecule has 4 aromatic rings. The standard InChI is InChI=1S/C26H19N3O6S/c1-15-22(25(31)34-2)23(16-8-4-3-5-9-16)28-24(30)21(36-26(28)27-15)14-17-12-13-20(35-17)18-10-6-7-11-19(18)29(32)33/h3-14,23H,1-2H3/b21-14-/t23-/m1/s1. The highest BCUT2D eigenvalue weighted by atomic mass is 32.1. The summed E-state index contributed by atoms with van der Waals surface area (Å²) in [5.41, 5.74) is 1.43. The van der Waals surface area contributed by atoms with Crippen LogP contribution in [0, 0.1) is 10.1 Å². The summed E-state index contributed by atoms with van der Waals surface area (Å²) in [4.78, 5) is 42.1. The van der Waals surface area contributed by atoms with Gasteiger partial charge in [-0.3, -0.25) is 19.5 Å². The average Bonchev–Trinajstić information content (AvgIpc) is 3.47. The van der Waals surface area contributed by atoms with E-state index in [0.717, 1.165) is 5.56 Å². The first kappa shape index (κ1) is 23.2. The number of thiazole rings is 1. The van der Waals surface area contributed by atoms with Crippen LogP contribution in [-0.4, -0.2) is 22.6 Å². The van der Waals surface area contributed by atoms with Crippen LogP contribution in [0.25, 0.3) is 17.4 Å². The highest BCUT2D eigenvalue weighted by molar-refractivity contribution is 7.07. The van der Waals surface area contributed by atoms with E-state index in [2.05, 4.69) is 4.99 Å². The van der Waals surface area contributed by atoms with Gasteiger partial charge >= 0.3 is 5.97 Å². The molecule has 9 nitrogen and oxygen atoms in total. The second-order valence-corrected chi connectivity index (χ2v) is 8.97. The molecule has 0 spiro atoms. The number of allylic oxidation sites excluding steroid dienone is 1. The first-order valence-corrected chi connectivity index (χ1v) is 11.7. The van der Waals surface area contributed by atoms with Crippen molar-refractivity contribution in [1.29, 1.82) is 0 Å². The van der Waals surface area contributed by atoms with Crippen molar-refractivity contribution in [3.05, 3.63) is 119 Å². The SMILES string of the molecule is COC(=O)C1=C(C)N=c2s/c(=C\c3ccc(-c4ccccc4[N+](=O)[O-])o3)c(=O)n2[C@@H]1c1ccccc1. The van der Waals surface area contributed by atoms with Crippen molar-refractivity contribution in [1.82, 2.24) is 4.57 Å². The molecule has 36 heavy (non-hydrogen) atoms. The summed E-state index contributed by atoms with van der Waals surface area (Å²) in [7, 11) is 1.29. The molecule has 2 aromatic heterocycles. The molecule has 0 aliphatic carbocycles. The van der Waals surface area contributed by atoms with Gasteiger partial charge in [-0.2, -0.15) is 0 Å². The molecule has 0 saturated heterocycles. The van der Waals surface area contributed by atoms with Crippen LogP contribution in [0.5, 0.6) is 0 Å². The van der Waals surface area contributed by atoms with Crippen molar-refractivity contribution in [3.8, 4) is 11.3 Å². The fourth-order valence-corrected chi connectivity index (χ4v) is 5.22. The van der Waals surface area contributed by atoms with Gasteiger partial charge in [-0.25, -0.2) is 9.79 Å². The topological polar surface area (TPSA) is 117 Å². The number of para-hydroxylation sites is 1. The second-order valence-electron chi connectivity index (χ2n) is 7.96. The molecule has 1 atom stereocenters. The number of nitro groups is 1. The monoisotopic (exact) mass is 501 g/mol. The van der Waals surface area contributed by atoms with Crippen LogP contribution < -0.4 is 14.9 Å². The van der Waals surface area contributed by atoms with Gasteiger partial charge in [0.2, 0.25) is 0 Å². The van der Waals surface area contributed by atoms with E-state index < -0.39 is 16.9 Å². The molecule has 5 rings (SSSR count). The molecule has 0 radical (unpaired) electrons. The third-order valence-electron chi connectivity index (χ3n) is 5.81. The van der Waals surface area contributed by atoms with Crippen molar-refractivity contribution >= 4 is 29.1 Å². The van der Waals surface area contributed by atoms with Crippen LogP contribution in [0.15, 0.2) is 92.2 Å². The Hall–Kier alpha value is -4.57. The molecule has 180 valence electrons. The quantitative estimate of drug-likeness (QED) is 0.234. The summed E-state index contributed by atoms with van der Waals surface area (Å²) in [5.74, 6) is 0.111. The minimum absolute atomic E-state index is 0.0774. The number of hydrogen-bond donors (Lipinski definition) is 0. The van der Waals surface area contributed by atoms with E-state index in [9.17, 15) is 19.7 Å². The third kappa shape index (κ3) is 3.97. The molecule has 1 aliphatic heterocycles. The molecule has 2 aromatic carbocycles. The normalized spacial score (nSPS) is 15.4. The molecular formula is C26H19N3O6S. The molecule has 10 heteroatoms. The smallest absolute Gasteiger partial charge is 0.338 e. The average molecular weight is 502 g/mol. The third-order valence-corrected chi connectivity index (χ3v) is 6.79.